The third-order valence-electron chi connectivity index (χ3n) is 1.60. The van der Waals surface area contributed by atoms with Crippen molar-refractivity contribution in [3.05, 3.63) is 0 Å². The van der Waals surface area contributed by atoms with Gasteiger partial charge in [0, 0.05) is 7.05 Å². The van der Waals surface area contributed by atoms with E-state index in [9.17, 15) is 9.59 Å². The van der Waals surface area contributed by atoms with Gasteiger partial charge in [0.25, 0.3) is 0 Å². The van der Waals surface area contributed by atoms with E-state index in [4.69, 9.17) is 0 Å². The standard InChI is InChI=1S/C8H16N2O2S/c1-5(2)7(13)8(12)10-4-6(11)9-3/h5,7,13H,4H2,1-3H3,(H,9,11)(H,10,12). The fourth-order valence-electron chi connectivity index (χ4n) is 0.663. The third kappa shape index (κ3) is 4.77. The fourth-order valence-corrected chi connectivity index (χ4v) is 0.754. The van der Waals surface area contributed by atoms with Crippen LogP contribution in [0.5, 0.6) is 0 Å². The SMILES string of the molecule is CNC(=O)CNC(=O)C(S)C(C)C. The molecule has 76 valence electrons. The van der Waals surface area contributed by atoms with Crippen LogP contribution in [0.25, 0.3) is 0 Å². The van der Waals surface area contributed by atoms with Gasteiger partial charge in [-0.3, -0.25) is 9.59 Å². The molecule has 0 aromatic rings. The van der Waals surface area contributed by atoms with Crippen molar-refractivity contribution in [1.29, 1.82) is 0 Å². The number of likely N-dealkylation sites (N-methyl/N-ethyl adjacent to an activating group) is 1. The summed E-state index contributed by atoms with van der Waals surface area (Å²) >= 11 is 4.11. The van der Waals surface area contributed by atoms with Crippen LogP contribution in [0.15, 0.2) is 0 Å². The average Bonchev–Trinajstić information content (AvgIpc) is 2.11. The van der Waals surface area contributed by atoms with Gasteiger partial charge in [0.05, 0.1) is 11.8 Å². The number of carbonyl (C=O) groups excluding carboxylic acids is 2. The highest BCUT2D eigenvalue weighted by molar-refractivity contribution is 7.81. The van der Waals surface area contributed by atoms with Gasteiger partial charge >= 0.3 is 0 Å². The van der Waals surface area contributed by atoms with Crippen molar-refractivity contribution in [2.45, 2.75) is 19.1 Å². The molecular formula is C8H16N2O2S. The molecule has 0 fully saturated rings. The monoisotopic (exact) mass is 204 g/mol. The van der Waals surface area contributed by atoms with Gasteiger partial charge in [0.2, 0.25) is 11.8 Å². The van der Waals surface area contributed by atoms with Crippen LogP contribution >= 0.6 is 12.6 Å². The Kier molecular flexibility index (Phi) is 5.53. The van der Waals surface area contributed by atoms with Crippen LogP contribution in [0, 0.1) is 5.92 Å². The van der Waals surface area contributed by atoms with Crippen molar-refractivity contribution in [1.82, 2.24) is 10.6 Å². The molecule has 0 aliphatic rings. The van der Waals surface area contributed by atoms with Gasteiger partial charge in [0.15, 0.2) is 0 Å². The van der Waals surface area contributed by atoms with E-state index in [2.05, 4.69) is 23.3 Å². The van der Waals surface area contributed by atoms with E-state index < -0.39 is 0 Å². The molecule has 0 saturated heterocycles. The van der Waals surface area contributed by atoms with Crippen LogP contribution in [0.3, 0.4) is 0 Å². The quantitative estimate of drug-likeness (QED) is 0.556. The molecule has 0 rings (SSSR count). The fraction of sp³-hybridized carbons (Fsp3) is 0.750. The van der Waals surface area contributed by atoms with Crippen molar-refractivity contribution in [3.8, 4) is 0 Å². The lowest BCUT2D eigenvalue weighted by Gasteiger charge is -2.13. The van der Waals surface area contributed by atoms with Crippen molar-refractivity contribution in [2.24, 2.45) is 5.92 Å². The van der Waals surface area contributed by atoms with Crippen molar-refractivity contribution >= 4 is 24.4 Å². The van der Waals surface area contributed by atoms with Crippen LogP contribution in [0.1, 0.15) is 13.8 Å². The first kappa shape index (κ1) is 12.3. The summed E-state index contributed by atoms with van der Waals surface area (Å²) in [7, 11) is 1.52. The molecule has 0 radical (unpaired) electrons. The Hall–Kier alpha value is -0.710. The van der Waals surface area contributed by atoms with Gasteiger partial charge in [0.1, 0.15) is 0 Å². The highest BCUT2D eigenvalue weighted by Crippen LogP contribution is 2.07. The predicted molar refractivity (Wildman–Crippen MR) is 54.7 cm³/mol. The highest BCUT2D eigenvalue weighted by atomic mass is 32.1. The number of nitrogens with one attached hydrogen (secondary N) is 2. The highest BCUT2D eigenvalue weighted by Gasteiger charge is 2.17. The van der Waals surface area contributed by atoms with Crippen molar-refractivity contribution in [2.75, 3.05) is 13.6 Å². The Morgan fingerprint density at radius 2 is 1.92 bits per heavy atom. The summed E-state index contributed by atoms with van der Waals surface area (Å²) in [6.07, 6.45) is 0. The number of hydrogen-bond donors (Lipinski definition) is 3. The zero-order valence-corrected chi connectivity index (χ0v) is 9.02. The third-order valence-corrected chi connectivity index (χ3v) is 2.43. The molecule has 0 spiro atoms. The van der Waals surface area contributed by atoms with Gasteiger partial charge in [-0.2, -0.15) is 12.6 Å². The summed E-state index contributed by atoms with van der Waals surface area (Å²) in [5.41, 5.74) is 0. The molecule has 2 amide bonds. The van der Waals surface area contributed by atoms with Gasteiger partial charge in [-0.1, -0.05) is 13.8 Å². The zero-order valence-electron chi connectivity index (χ0n) is 8.13. The smallest absolute Gasteiger partial charge is 0.239 e. The summed E-state index contributed by atoms with van der Waals surface area (Å²) in [4.78, 5) is 22.0. The Bertz CT molecular complexity index is 195. The minimum absolute atomic E-state index is 0.0130. The van der Waals surface area contributed by atoms with E-state index in [1.807, 2.05) is 13.8 Å². The largest absolute Gasteiger partial charge is 0.358 e. The molecule has 0 aliphatic heterocycles. The normalized spacial score (nSPS) is 12.4. The second-order valence-corrected chi connectivity index (χ2v) is 3.64. The molecule has 2 N–H and O–H groups in total. The van der Waals surface area contributed by atoms with E-state index in [-0.39, 0.29) is 29.5 Å². The second kappa shape index (κ2) is 5.85. The molecule has 0 bridgehead atoms. The summed E-state index contributed by atoms with van der Waals surface area (Å²) in [6, 6.07) is 0. The maximum Gasteiger partial charge on any atom is 0.239 e. The lowest BCUT2D eigenvalue weighted by atomic mass is 10.1. The molecule has 5 heteroatoms. The summed E-state index contributed by atoms with van der Waals surface area (Å²) in [5.74, 6) is -0.257. The van der Waals surface area contributed by atoms with Crippen LogP contribution < -0.4 is 10.6 Å². The minimum atomic E-state index is -0.357. The summed E-state index contributed by atoms with van der Waals surface area (Å²) in [5, 5.41) is 4.54. The maximum absolute atomic E-state index is 11.2. The van der Waals surface area contributed by atoms with Gasteiger partial charge in [-0.05, 0) is 5.92 Å². The first-order valence-electron chi connectivity index (χ1n) is 4.15. The van der Waals surface area contributed by atoms with Crippen LogP contribution in [-0.2, 0) is 9.59 Å². The molecule has 0 aliphatic carbocycles. The molecule has 13 heavy (non-hydrogen) atoms. The summed E-state index contributed by atoms with van der Waals surface area (Å²) < 4.78 is 0. The number of amides is 2. The number of rotatable bonds is 4. The average molecular weight is 204 g/mol. The van der Waals surface area contributed by atoms with E-state index >= 15 is 0 Å². The second-order valence-electron chi connectivity index (χ2n) is 3.08. The molecule has 0 aromatic heterocycles. The lowest BCUT2D eigenvalue weighted by molar-refractivity contribution is -0.125. The van der Waals surface area contributed by atoms with E-state index in [0.29, 0.717) is 0 Å². The topological polar surface area (TPSA) is 58.2 Å². The number of carbonyl (C=O) groups is 2. The zero-order chi connectivity index (χ0) is 10.4. The van der Waals surface area contributed by atoms with E-state index in [1.54, 1.807) is 0 Å². The first-order valence-corrected chi connectivity index (χ1v) is 4.67. The molecule has 0 aromatic carbocycles. The Labute approximate surface area is 83.9 Å². The van der Waals surface area contributed by atoms with Gasteiger partial charge in [-0.25, -0.2) is 0 Å². The first-order chi connectivity index (χ1) is 5.99. The molecule has 0 heterocycles. The van der Waals surface area contributed by atoms with E-state index in [1.165, 1.54) is 7.05 Å². The number of hydrogen-bond acceptors (Lipinski definition) is 3. The van der Waals surface area contributed by atoms with Crippen LogP contribution in [0.4, 0.5) is 0 Å². The van der Waals surface area contributed by atoms with Gasteiger partial charge < -0.3 is 10.6 Å². The summed E-state index contributed by atoms with van der Waals surface area (Å²) in [6.45, 7) is 3.81. The van der Waals surface area contributed by atoms with Crippen LogP contribution in [-0.4, -0.2) is 30.7 Å². The molecule has 0 saturated carbocycles. The molecular weight excluding hydrogens is 188 g/mol. The van der Waals surface area contributed by atoms with Crippen molar-refractivity contribution in [3.63, 3.8) is 0 Å². The maximum atomic E-state index is 11.2. The van der Waals surface area contributed by atoms with Crippen molar-refractivity contribution < 1.29 is 9.59 Å². The predicted octanol–water partition coefficient (Wildman–Crippen LogP) is -0.197. The molecule has 1 unspecified atom stereocenters. The Morgan fingerprint density at radius 3 is 2.31 bits per heavy atom. The number of thiol groups is 1. The molecule has 1 atom stereocenters. The van der Waals surface area contributed by atoms with E-state index in [0.717, 1.165) is 0 Å². The lowest BCUT2D eigenvalue weighted by Crippen LogP contribution is -2.40. The van der Waals surface area contributed by atoms with Crippen LogP contribution in [0.2, 0.25) is 0 Å². The minimum Gasteiger partial charge on any atom is -0.358 e. The Balaban J connectivity index is 3.81. The molecule has 4 nitrogen and oxygen atoms in total. The Morgan fingerprint density at radius 1 is 1.38 bits per heavy atom. The van der Waals surface area contributed by atoms with Gasteiger partial charge in [-0.15, -0.1) is 0 Å².